The number of allylic oxidation sites excluding steroid dienone is 2. The van der Waals surface area contributed by atoms with Crippen molar-refractivity contribution in [1.29, 1.82) is 0 Å². The van der Waals surface area contributed by atoms with E-state index in [1.165, 1.54) is 0 Å². The third-order valence-electron chi connectivity index (χ3n) is 1.85. The van der Waals surface area contributed by atoms with Gasteiger partial charge in [0.15, 0.2) is 0 Å². The Morgan fingerprint density at radius 3 is 2.60 bits per heavy atom. The summed E-state index contributed by atoms with van der Waals surface area (Å²) >= 11 is 0. The minimum Gasteiger partial charge on any atom is -0.365 e. The fourth-order valence-electron chi connectivity index (χ4n) is 0.830. The summed E-state index contributed by atoms with van der Waals surface area (Å²) in [5.41, 5.74) is -0.436. The van der Waals surface area contributed by atoms with Gasteiger partial charge in [-0.2, -0.15) is 0 Å². The molecule has 1 aliphatic heterocycles. The van der Waals surface area contributed by atoms with Crippen LogP contribution in [0.15, 0.2) is 24.4 Å². The Labute approximate surface area is 60.8 Å². The van der Waals surface area contributed by atoms with Crippen molar-refractivity contribution in [2.24, 2.45) is 0 Å². The Bertz CT molecular complexity index is 195. The third-order valence-corrected chi connectivity index (χ3v) is 1.85. The van der Waals surface area contributed by atoms with Crippen molar-refractivity contribution in [2.75, 3.05) is 7.05 Å². The molecule has 0 amide bonds. The van der Waals surface area contributed by atoms with E-state index in [0.29, 0.717) is 0 Å². The number of nitrogens with zero attached hydrogens (tertiary/aromatic N) is 1. The van der Waals surface area contributed by atoms with E-state index in [-0.39, 0.29) is 0 Å². The molecule has 0 bridgehead atoms. The monoisotopic (exact) mass is 137 g/mol. The summed E-state index contributed by atoms with van der Waals surface area (Å²) in [5.74, 6) is 0. The maximum Gasteiger partial charge on any atom is 0.149 e. The summed E-state index contributed by atoms with van der Waals surface area (Å²) in [7, 11) is 1.88. The van der Waals surface area contributed by atoms with E-state index < -0.39 is 5.54 Å². The number of hydrogen-bond donors (Lipinski definition) is 0. The molecule has 1 atom stereocenters. The molecule has 0 saturated heterocycles. The number of hydrogen-bond acceptors (Lipinski definition) is 2. The van der Waals surface area contributed by atoms with E-state index in [4.69, 9.17) is 0 Å². The highest BCUT2D eigenvalue weighted by Gasteiger charge is 2.24. The lowest BCUT2D eigenvalue weighted by Crippen LogP contribution is -2.41. The Kier molecular flexibility index (Phi) is 1.62. The lowest BCUT2D eigenvalue weighted by molar-refractivity contribution is -0.113. The number of rotatable bonds is 1. The molecule has 2 nitrogen and oxygen atoms in total. The van der Waals surface area contributed by atoms with Crippen LogP contribution in [-0.2, 0) is 4.79 Å². The Morgan fingerprint density at radius 2 is 2.20 bits per heavy atom. The van der Waals surface area contributed by atoms with Gasteiger partial charge in [0.1, 0.15) is 11.8 Å². The van der Waals surface area contributed by atoms with Gasteiger partial charge in [0, 0.05) is 7.05 Å². The van der Waals surface area contributed by atoms with E-state index in [0.717, 1.165) is 6.29 Å². The van der Waals surface area contributed by atoms with Crippen LogP contribution in [0.1, 0.15) is 6.92 Å². The minimum atomic E-state index is -0.436. The third kappa shape index (κ3) is 0.967. The highest BCUT2D eigenvalue weighted by Crippen LogP contribution is 2.15. The standard InChI is InChI=1S/C8H11NO/c1-8(7-10)5-3-4-6-9(8)2/h3-7H,1-2H3. The van der Waals surface area contributed by atoms with E-state index in [9.17, 15) is 4.79 Å². The molecule has 0 N–H and O–H groups in total. The molecular weight excluding hydrogens is 126 g/mol. The first kappa shape index (κ1) is 7.06. The molecule has 1 heterocycles. The second kappa shape index (κ2) is 2.29. The molecule has 1 aliphatic rings. The molecule has 0 aromatic rings. The summed E-state index contributed by atoms with van der Waals surface area (Å²) < 4.78 is 0. The second-order valence-corrected chi connectivity index (χ2v) is 2.66. The maximum atomic E-state index is 10.6. The molecule has 0 saturated carbocycles. The second-order valence-electron chi connectivity index (χ2n) is 2.66. The molecule has 10 heavy (non-hydrogen) atoms. The Morgan fingerprint density at radius 1 is 1.50 bits per heavy atom. The molecule has 2 heteroatoms. The summed E-state index contributed by atoms with van der Waals surface area (Å²) in [4.78, 5) is 12.4. The van der Waals surface area contributed by atoms with Gasteiger partial charge >= 0.3 is 0 Å². The highest BCUT2D eigenvalue weighted by molar-refractivity contribution is 5.68. The molecule has 1 rings (SSSR count). The van der Waals surface area contributed by atoms with Crippen molar-refractivity contribution < 1.29 is 4.79 Å². The lowest BCUT2D eigenvalue weighted by Gasteiger charge is -2.31. The zero-order chi connectivity index (χ0) is 7.61. The van der Waals surface area contributed by atoms with Crippen LogP contribution in [0.25, 0.3) is 0 Å². The van der Waals surface area contributed by atoms with Crippen molar-refractivity contribution >= 4 is 6.29 Å². The first-order valence-corrected chi connectivity index (χ1v) is 3.24. The molecule has 0 aliphatic carbocycles. The van der Waals surface area contributed by atoms with Crippen LogP contribution in [0.4, 0.5) is 0 Å². The largest absolute Gasteiger partial charge is 0.365 e. The number of aldehydes is 1. The van der Waals surface area contributed by atoms with Gasteiger partial charge in [-0.1, -0.05) is 12.2 Å². The summed E-state index contributed by atoms with van der Waals surface area (Å²) in [6.45, 7) is 1.88. The summed E-state index contributed by atoms with van der Waals surface area (Å²) in [5, 5.41) is 0. The summed E-state index contributed by atoms with van der Waals surface area (Å²) in [6, 6.07) is 0. The van der Waals surface area contributed by atoms with Crippen LogP contribution in [0.3, 0.4) is 0 Å². The van der Waals surface area contributed by atoms with Crippen LogP contribution in [-0.4, -0.2) is 23.8 Å². The average molecular weight is 137 g/mol. The normalized spacial score (nSPS) is 30.8. The smallest absolute Gasteiger partial charge is 0.149 e. The van der Waals surface area contributed by atoms with Gasteiger partial charge in [0.2, 0.25) is 0 Å². The van der Waals surface area contributed by atoms with E-state index >= 15 is 0 Å². The van der Waals surface area contributed by atoms with E-state index in [1.807, 2.05) is 43.3 Å². The molecule has 0 aromatic carbocycles. The summed E-state index contributed by atoms with van der Waals surface area (Å²) in [6.07, 6.45) is 8.49. The van der Waals surface area contributed by atoms with Crippen LogP contribution in [0.2, 0.25) is 0 Å². The fourth-order valence-corrected chi connectivity index (χ4v) is 0.830. The van der Waals surface area contributed by atoms with Crippen molar-refractivity contribution in [2.45, 2.75) is 12.5 Å². The molecule has 0 radical (unpaired) electrons. The minimum absolute atomic E-state index is 0.436. The van der Waals surface area contributed by atoms with Crippen LogP contribution < -0.4 is 0 Å². The van der Waals surface area contributed by atoms with Gasteiger partial charge < -0.3 is 9.69 Å². The highest BCUT2D eigenvalue weighted by atomic mass is 16.1. The number of likely N-dealkylation sites (N-methyl/N-ethyl adjacent to an activating group) is 1. The van der Waals surface area contributed by atoms with Crippen molar-refractivity contribution in [1.82, 2.24) is 4.90 Å². The molecular formula is C8H11NO. The van der Waals surface area contributed by atoms with Crippen LogP contribution in [0, 0.1) is 0 Å². The Balaban J connectivity index is 2.87. The Hall–Kier alpha value is -1.05. The molecule has 0 spiro atoms. The topological polar surface area (TPSA) is 20.3 Å². The van der Waals surface area contributed by atoms with Gasteiger partial charge in [0.05, 0.1) is 0 Å². The van der Waals surface area contributed by atoms with Crippen LogP contribution in [0.5, 0.6) is 0 Å². The van der Waals surface area contributed by atoms with E-state index in [2.05, 4.69) is 0 Å². The first-order valence-electron chi connectivity index (χ1n) is 3.24. The predicted molar refractivity (Wildman–Crippen MR) is 40.5 cm³/mol. The fraction of sp³-hybridized carbons (Fsp3) is 0.375. The molecule has 1 unspecified atom stereocenters. The van der Waals surface area contributed by atoms with Crippen molar-refractivity contribution in [3.63, 3.8) is 0 Å². The SMILES string of the molecule is CN1C=CC=CC1(C)C=O. The van der Waals surface area contributed by atoms with E-state index in [1.54, 1.807) is 0 Å². The lowest BCUT2D eigenvalue weighted by atomic mass is 10.0. The first-order chi connectivity index (χ1) is 4.69. The van der Waals surface area contributed by atoms with Crippen molar-refractivity contribution in [3.8, 4) is 0 Å². The zero-order valence-electron chi connectivity index (χ0n) is 6.24. The van der Waals surface area contributed by atoms with Gasteiger partial charge in [-0.15, -0.1) is 0 Å². The van der Waals surface area contributed by atoms with Gasteiger partial charge in [0.25, 0.3) is 0 Å². The van der Waals surface area contributed by atoms with Crippen molar-refractivity contribution in [3.05, 3.63) is 24.4 Å². The molecule has 0 fully saturated rings. The average Bonchev–Trinajstić information content (AvgIpc) is 1.96. The molecule has 0 aromatic heterocycles. The number of carbonyl (C=O) groups excluding carboxylic acids is 1. The maximum absolute atomic E-state index is 10.6. The van der Waals surface area contributed by atoms with Gasteiger partial charge in [-0.3, -0.25) is 0 Å². The molecule has 54 valence electrons. The number of carbonyl (C=O) groups is 1. The van der Waals surface area contributed by atoms with Crippen LogP contribution >= 0.6 is 0 Å². The van der Waals surface area contributed by atoms with Gasteiger partial charge in [-0.25, -0.2) is 0 Å². The van der Waals surface area contributed by atoms with Gasteiger partial charge in [-0.05, 0) is 19.2 Å². The quantitative estimate of drug-likeness (QED) is 0.502. The predicted octanol–water partition coefficient (Wildman–Crippen LogP) is 0.959. The zero-order valence-corrected chi connectivity index (χ0v) is 6.24.